The number of rotatable bonds is 7. The zero-order valence-electron chi connectivity index (χ0n) is 18.5. The minimum absolute atomic E-state index is 0.0881. The molecule has 0 radical (unpaired) electrons. The summed E-state index contributed by atoms with van der Waals surface area (Å²) in [5, 5.41) is 16.1. The van der Waals surface area contributed by atoms with Gasteiger partial charge in [-0.15, -0.1) is 0 Å². The number of carbonyl (C=O) groups is 2. The first-order valence-corrected chi connectivity index (χ1v) is 12.7. The fraction of sp³-hybridized carbons (Fsp3) is 0.0400. The van der Waals surface area contributed by atoms with Crippen molar-refractivity contribution in [1.82, 2.24) is 0 Å². The van der Waals surface area contributed by atoms with Crippen molar-refractivity contribution in [2.24, 2.45) is 0 Å². The minimum atomic E-state index is -4.38. The Morgan fingerprint density at radius 3 is 2.11 bits per heavy atom. The summed E-state index contributed by atoms with van der Waals surface area (Å²) >= 11 is 12.0. The van der Waals surface area contributed by atoms with E-state index in [1.807, 2.05) is 6.07 Å². The second-order valence-corrected chi connectivity index (χ2v) is 10.4. The molecule has 0 aliphatic carbocycles. The van der Waals surface area contributed by atoms with Gasteiger partial charge in [0.2, 0.25) is 0 Å². The Balaban J connectivity index is 1.77. The van der Waals surface area contributed by atoms with E-state index in [0.29, 0.717) is 22.1 Å². The molecule has 0 bridgehead atoms. The summed E-state index contributed by atoms with van der Waals surface area (Å²) < 4.78 is 27.9. The number of anilines is 3. The maximum absolute atomic E-state index is 13.5. The molecule has 8 nitrogen and oxygen atoms in total. The Bertz CT molecular complexity index is 1540. The molecule has 0 unspecified atom stereocenters. The Morgan fingerprint density at radius 1 is 0.806 bits per heavy atom. The minimum Gasteiger partial charge on any atom is -0.480 e. The van der Waals surface area contributed by atoms with Gasteiger partial charge in [0.25, 0.3) is 10.0 Å². The standard InChI is InChI=1S/C25H19Cl2N3O5S/c26-16-12-17(27)14-19(13-16)36(34,35)30(15-24(31)32)23-11-5-8-20-21(23)9-4-10-22(20)29-25(33)28-18-6-2-1-3-7-18/h1-14H,15H2,(H,31,32)(H2,28,29,33). The molecule has 0 saturated heterocycles. The van der Waals surface area contributed by atoms with E-state index in [1.165, 1.54) is 24.3 Å². The van der Waals surface area contributed by atoms with Crippen LogP contribution >= 0.6 is 23.2 Å². The number of benzene rings is 4. The first-order chi connectivity index (χ1) is 17.1. The lowest BCUT2D eigenvalue weighted by Gasteiger charge is -2.25. The fourth-order valence-corrected chi connectivity index (χ4v) is 5.81. The second-order valence-electron chi connectivity index (χ2n) is 7.63. The summed E-state index contributed by atoms with van der Waals surface area (Å²) in [5.74, 6) is -1.36. The lowest BCUT2D eigenvalue weighted by Crippen LogP contribution is -2.36. The quantitative estimate of drug-likeness (QED) is 0.261. The number of carboxylic acid groups (broad SMARTS) is 1. The molecule has 0 aliphatic rings. The van der Waals surface area contributed by atoms with Gasteiger partial charge in [-0.2, -0.15) is 0 Å². The predicted octanol–water partition coefficient (Wildman–Crippen LogP) is 6.07. The van der Waals surface area contributed by atoms with Crippen LogP contribution < -0.4 is 14.9 Å². The van der Waals surface area contributed by atoms with Gasteiger partial charge in [-0.05, 0) is 42.5 Å². The van der Waals surface area contributed by atoms with E-state index in [9.17, 15) is 23.1 Å². The highest BCUT2D eigenvalue weighted by atomic mass is 35.5. The number of carbonyl (C=O) groups excluding carboxylic acids is 1. The molecule has 184 valence electrons. The number of para-hydroxylation sites is 1. The molecule has 4 rings (SSSR count). The molecule has 2 amide bonds. The van der Waals surface area contributed by atoms with Gasteiger partial charge in [-0.25, -0.2) is 13.2 Å². The molecule has 0 atom stereocenters. The number of nitrogens with one attached hydrogen (secondary N) is 2. The van der Waals surface area contributed by atoms with Gasteiger partial charge < -0.3 is 15.7 Å². The Morgan fingerprint density at radius 2 is 1.44 bits per heavy atom. The zero-order chi connectivity index (χ0) is 25.9. The van der Waals surface area contributed by atoms with Gasteiger partial charge in [0.1, 0.15) is 6.54 Å². The molecular formula is C25H19Cl2N3O5S. The van der Waals surface area contributed by atoms with Crippen molar-refractivity contribution >= 4 is 73.1 Å². The number of urea groups is 1. The molecule has 0 aliphatic heterocycles. The average molecular weight is 544 g/mol. The van der Waals surface area contributed by atoms with Crippen LogP contribution in [0.4, 0.5) is 21.9 Å². The highest BCUT2D eigenvalue weighted by Gasteiger charge is 2.29. The summed E-state index contributed by atoms with van der Waals surface area (Å²) in [6, 6.07) is 21.8. The predicted molar refractivity (Wildman–Crippen MR) is 142 cm³/mol. The van der Waals surface area contributed by atoms with Gasteiger partial charge in [0, 0.05) is 26.5 Å². The lowest BCUT2D eigenvalue weighted by molar-refractivity contribution is -0.135. The van der Waals surface area contributed by atoms with E-state index in [4.69, 9.17) is 23.2 Å². The smallest absolute Gasteiger partial charge is 0.324 e. The first kappa shape index (κ1) is 25.3. The number of hydrogen-bond acceptors (Lipinski definition) is 4. The van der Waals surface area contributed by atoms with E-state index in [1.54, 1.807) is 54.6 Å². The third-order valence-electron chi connectivity index (χ3n) is 5.15. The number of hydrogen-bond donors (Lipinski definition) is 3. The molecule has 0 heterocycles. The summed E-state index contributed by atoms with van der Waals surface area (Å²) in [4.78, 5) is 24.0. The maximum atomic E-state index is 13.5. The van der Waals surface area contributed by atoms with Gasteiger partial charge in [-0.1, -0.05) is 65.7 Å². The number of sulfonamides is 1. The van der Waals surface area contributed by atoms with Gasteiger partial charge in [-0.3, -0.25) is 9.10 Å². The van der Waals surface area contributed by atoms with Crippen LogP contribution in [0, 0.1) is 0 Å². The first-order valence-electron chi connectivity index (χ1n) is 10.5. The second kappa shape index (κ2) is 10.4. The summed E-state index contributed by atoms with van der Waals surface area (Å²) in [7, 11) is -4.38. The van der Waals surface area contributed by atoms with Gasteiger partial charge in [0.15, 0.2) is 0 Å². The molecule has 0 aromatic heterocycles. The van der Waals surface area contributed by atoms with Crippen LogP contribution in [0.25, 0.3) is 10.8 Å². The van der Waals surface area contributed by atoms with Crippen molar-refractivity contribution in [3.63, 3.8) is 0 Å². The molecule has 4 aromatic rings. The van der Waals surface area contributed by atoms with Crippen molar-refractivity contribution in [3.8, 4) is 0 Å². The molecular weight excluding hydrogens is 525 g/mol. The van der Waals surface area contributed by atoms with E-state index in [2.05, 4.69) is 10.6 Å². The Kier molecular flexibility index (Phi) is 7.35. The number of nitrogens with zero attached hydrogens (tertiary/aromatic N) is 1. The number of halogens is 2. The lowest BCUT2D eigenvalue weighted by atomic mass is 10.1. The van der Waals surface area contributed by atoms with Gasteiger partial charge in [0.05, 0.1) is 16.3 Å². The van der Waals surface area contributed by atoms with Gasteiger partial charge >= 0.3 is 12.0 Å². The van der Waals surface area contributed by atoms with Crippen molar-refractivity contribution in [1.29, 1.82) is 0 Å². The Hall–Kier alpha value is -3.79. The summed E-state index contributed by atoms with van der Waals surface area (Å²) in [6.45, 7) is -0.849. The number of amides is 2. The highest BCUT2D eigenvalue weighted by Crippen LogP contribution is 2.35. The molecule has 11 heteroatoms. The number of carboxylic acids is 1. The summed E-state index contributed by atoms with van der Waals surface area (Å²) in [5.41, 5.74) is 1.11. The van der Waals surface area contributed by atoms with Crippen molar-refractivity contribution in [2.45, 2.75) is 4.90 Å². The average Bonchev–Trinajstić information content (AvgIpc) is 2.82. The topological polar surface area (TPSA) is 116 Å². The van der Waals surface area contributed by atoms with Crippen LogP contribution in [0.1, 0.15) is 0 Å². The molecule has 36 heavy (non-hydrogen) atoms. The molecule has 0 saturated carbocycles. The molecule has 3 N–H and O–H groups in total. The van der Waals surface area contributed by atoms with Crippen molar-refractivity contribution in [2.75, 3.05) is 21.5 Å². The van der Waals surface area contributed by atoms with Crippen LogP contribution in [0.5, 0.6) is 0 Å². The van der Waals surface area contributed by atoms with Crippen LogP contribution in [0.2, 0.25) is 10.0 Å². The van der Waals surface area contributed by atoms with Crippen LogP contribution in [0.3, 0.4) is 0 Å². The van der Waals surface area contributed by atoms with E-state index in [-0.39, 0.29) is 20.6 Å². The van der Waals surface area contributed by atoms with E-state index < -0.39 is 28.6 Å². The maximum Gasteiger partial charge on any atom is 0.324 e. The summed E-state index contributed by atoms with van der Waals surface area (Å²) in [6.07, 6.45) is 0. The monoisotopic (exact) mass is 543 g/mol. The largest absolute Gasteiger partial charge is 0.480 e. The number of fused-ring (bicyclic) bond motifs is 1. The SMILES string of the molecule is O=C(O)CN(c1cccc2c(NC(=O)Nc3ccccc3)cccc12)S(=O)(=O)c1cc(Cl)cc(Cl)c1. The fourth-order valence-electron chi connectivity index (χ4n) is 3.65. The third-order valence-corrected chi connectivity index (χ3v) is 7.32. The van der Waals surface area contributed by atoms with E-state index >= 15 is 0 Å². The highest BCUT2D eigenvalue weighted by molar-refractivity contribution is 7.92. The molecule has 0 fully saturated rings. The molecule has 0 spiro atoms. The van der Waals surface area contributed by atoms with Crippen LogP contribution in [-0.4, -0.2) is 32.1 Å². The molecule has 4 aromatic carbocycles. The van der Waals surface area contributed by atoms with Crippen LogP contribution in [0.15, 0.2) is 89.8 Å². The Labute approximate surface area is 217 Å². The van der Waals surface area contributed by atoms with E-state index in [0.717, 1.165) is 4.31 Å². The number of aliphatic carboxylic acids is 1. The third kappa shape index (κ3) is 5.54. The zero-order valence-corrected chi connectivity index (χ0v) is 20.8. The van der Waals surface area contributed by atoms with Crippen LogP contribution in [-0.2, 0) is 14.8 Å². The van der Waals surface area contributed by atoms with Crippen molar-refractivity contribution < 1.29 is 23.1 Å². The van der Waals surface area contributed by atoms with Crippen molar-refractivity contribution in [3.05, 3.63) is 95.0 Å². The normalized spacial score (nSPS) is 11.2.